The molecule has 6 heteroatoms. The first-order valence-corrected chi connectivity index (χ1v) is 8.13. The summed E-state index contributed by atoms with van der Waals surface area (Å²) in [6, 6.07) is 5.42. The fourth-order valence-corrected chi connectivity index (χ4v) is 2.23. The predicted molar refractivity (Wildman–Crippen MR) is 75.4 cm³/mol. The molecule has 2 N–H and O–H groups in total. The number of sulfone groups is 1. The third-order valence-electron chi connectivity index (χ3n) is 2.63. The van der Waals surface area contributed by atoms with Crippen molar-refractivity contribution in [3.8, 4) is 11.5 Å². The van der Waals surface area contributed by atoms with Gasteiger partial charge in [-0.05, 0) is 31.0 Å². The van der Waals surface area contributed by atoms with Gasteiger partial charge in [-0.2, -0.15) is 0 Å². The number of hydrogen-bond donors (Lipinski definition) is 1. The molecule has 108 valence electrons. The zero-order chi connectivity index (χ0) is 14.5. The van der Waals surface area contributed by atoms with E-state index >= 15 is 0 Å². The van der Waals surface area contributed by atoms with Gasteiger partial charge in [-0.3, -0.25) is 0 Å². The van der Waals surface area contributed by atoms with Gasteiger partial charge in [-0.25, -0.2) is 8.42 Å². The number of methoxy groups -OCH3 is 1. The summed E-state index contributed by atoms with van der Waals surface area (Å²) >= 11 is 0. The molecular formula is C13H21NO4S. The Kier molecular flexibility index (Phi) is 5.62. The molecule has 0 saturated carbocycles. The maximum atomic E-state index is 11.0. The molecule has 1 aromatic carbocycles. The van der Waals surface area contributed by atoms with E-state index in [-0.39, 0.29) is 11.8 Å². The van der Waals surface area contributed by atoms with Crippen LogP contribution in [0.15, 0.2) is 18.2 Å². The molecule has 5 nitrogen and oxygen atoms in total. The van der Waals surface area contributed by atoms with Crippen molar-refractivity contribution in [2.45, 2.75) is 19.4 Å². The van der Waals surface area contributed by atoms with E-state index in [4.69, 9.17) is 15.2 Å². The van der Waals surface area contributed by atoms with Crippen LogP contribution in [0.5, 0.6) is 11.5 Å². The summed E-state index contributed by atoms with van der Waals surface area (Å²) in [7, 11) is -1.38. The first kappa shape index (κ1) is 15.8. The number of ether oxygens (including phenoxy) is 2. The number of hydrogen-bond acceptors (Lipinski definition) is 5. The van der Waals surface area contributed by atoms with Crippen LogP contribution < -0.4 is 15.2 Å². The van der Waals surface area contributed by atoms with Crippen molar-refractivity contribution in [1.29, 1.82) is 0 Å². The molecule has 0 aromatic heterocycles. The van der Waals surface area contributed by atoms with Gasteiger partial charge in [-0.15, -0.1) is 0 Å². The van der Waals surface area contributed by atoms with Crippen LogP contribution in [0.3, 0.4) is 0 Å². The van der Waals surface area contributed by atoms with Crippen molar-refractivity contribution >= 4 is 9.84 Å². The van der Waals surface area contributed by atoms with Crippen molar-refractivity contribution in [2.75, 3.05) is 25.7 Å². The van der Waals surface area contributed by atoms with Crippen molar-refractivity contribution in [2.24, 2.45) is 5.73 Å². The molecule has 1 unspecified atom stereocenters. The van der Waals surface area contributed by atoms with Crippen LogP contribution in [0, 0.1) is 0 Å². The minimum atomic E-state index is -2.94. The Morgan fingerprint density at radius 2 is 2.00 bits per heavy atom. The lowest BCUT2D eigenvalue weighted by Gasteiger charge is -2.13. The first-order valence-electron chi connectivity index (χ1n) is 6.07. The number of benzene rings is 1. The van der Waals surface area contributed by atoms with E-state index < -0.39 is 9.84 Å². The zero-order valence-electron chi connectivity index (χ0n) is 11.5. The molecule has 0 bridgehead atoms. The molecular weight excluding hydrogens is 266 g/mol. The zero-order valence-corrected chi connectivity index (χ0v) is 12.4. The van der Waals surface area contributed by atoms with Crippen molar-refractivity contribution < 1.29 is 17.9 Å². The van der Waals surface area contributed by atoms with E-state index in [1.54, 1.807) is 13.2 Å². The van der Waals surface area contributed by atoms with Gasteiger partial charge >= 0.3 is 0 Å². The Bertz CT molecular complexity index is 511. The highest BCUT2D eigenvalue weighted by Gasteiger charge is 2.08. The summed E-state index contributed by atoms with van der Waals surface area (Å²) in [5.41, 5.74) is 6.75. The van der Waals surface area contributed by atoms with Gasteiger partial charge in [0.25, 0.3) is 0 Å². The summed E-state index contributed by atoms with van der Waals surface area (Å²) < 4.78 is 32.7. The standard InChI is InChI=1S/C13H21NO4S/c1-10(14)11-5-6-12(13(9-11)17-2)18-7-4-8-19(3,15)16/h5-6,9-10H,4,7-8,14H2,1-3H3. The van der Waals surface area contributed by atoms with Gasteiger partial charge in [0.05, 0.1) is 19.5 Å². The summed E-state index contributed by atoms with van der Waals surface area (Å²) in [5, 5.41) is 0. The molecule has 0 radical (unpaired) electrons. The van der Waals surface area contributed by atoms with Crippen molar-refractivity contribution in [3.63, 3.8) is 0 Å². The van der Waals surface area contributed by atoms with Crippen LogP contribution in [0.25, 0.3) is 0 Å². The predicted octanol–water partition coefficient (Wildman–Crippen LogP) is 1.53. The van der Waals surface area contributed by atoms with Gasteiger partial charge in [0.2, 0.25) is 0 Å². The summed E-state index contributed by atoms with van der Waals surface area (Å²) in [5.74, 6) is 1.32. The topological polar surface area (TPSA) is 78.6 Å². The minimum Gasteiger partial charge on any atom is -0.493 e. The maximum Gasteiger partial charge on any atom is 0.161 e. The lowest BCUT2D eigenvalue weighted by atomic mass is 10.1. The lowest BCUT2D eigenvalue weighted by Crippen LogP contribution is -2.09. The monoisotopic (exact) mass is 287 g/mol. The molecule has 19 heavy (non-hydrogen) atoms. The van der Waals surface area contributed by atoms with Crippen LogP contribution in [0.2, 0.25) is 0 Å². The second kappa shape index (κ2) is 6.77. The fourth-order valence-electron chi connectivity index (χ4n) is 1.59. The lowest BCUT2D eigenvalue weighted by molar-refractivity contribution is 0.294. The van der Waals surface area contributed by atoms with Gasteiger partial charge in [-0.1, -0.05) is 6.07 Å². The van der Waals surface area contributed by atoms with Gasteiger partial charge < -0.3 is 15.2 Å². The Morgan fingerprint density at radius 1 is 1.32 bits per heavy atom. The molecule has 0 aliphatic heterocycles. The molecule has 0 saturated heterocycles. The molecule has 0 fully saturated rings. The van der Waals surface area contributed by atoms with E-state index in [1.807, 2.05) is 19.1 Å². The Balaban J connectivity index is 2.63. The van der Waals surface area contributed by atoms with Crippen LogP contribution in [-0.4, -0.2) is 34.1 Å². The largest absolute Gasteiger partial charge is 0.493 e. The molecule has 1 atom stereocenters. The first-order chi connectivity index (χ1) is 8.83. The SMILES string of the molecule is COc1cc(C(C)N)ccc1OCCCS(C)(=O)=O. The van der Waals surface area contributed by atoms with Crippen LogP contribution in [-0.2, 0) is 9.84 Å². The second-order valence-corrected chi connectivity index (χ2v) is 6.79. The highest BCUT2D eigenvalue weighted by molar-refractivity contribution is 7.90. The van der Waals surface area contributed by atoms with Crippen LogP contribution in [0.1, 0.15) is 24.9 Å². The highest BCUT2D eigenvalue weighted by atomic mass is 32.2. The minimum absolute atomic E-state index is 0.0758. The van der Waals surface area contributed by atoms with Gasteiger partial charge in [0.1, 0.15) is 9.84 Å². The normalized spacial score (nSPS) is 13.1. The van der Waals surface area contributed by atoms with Crippen LogP contribution in [0.4, 0.5) is 0 Å². The molecule has 0 aliphatic carbocycles. The van der Waals surface area contributed by atoms with Crippen molar-refractivity contribution in [1.82, 2.24) is 0 Å². The third-order valence-corrected chi connectivity index (χ3v) is 3.66. The Hall–Kier alpha value is -1.27. The van der Waals surface area contributed by atoms with E-state index in [2.05, 4.69) is 0 Å². The van der Waals surface area contributed by atoms with E-state index in [9.17, 15) is 8.42 Å². The van der Waals surface area contributed by atoms with Crippen molar-refractivity contribution in [3.05, 3.63) is 23.8 Å². The van der Waals surface area contributed by atoms with E-state index in [0.29, 0.717) is 24.5 Å². The molecule has 1 rings (SSSR count). The number of nitrogens with two attached hydrogens (primary N) is 1. The van der Waals surface area contributed by atoms with Crippen LogP contribution >= 0.6 is 0 Å². The van der Waals surface area contributed by atoms with E-state index in [1.165, 1.54) is 6.26 Å². The van der Waals surface area contributed by atoms with Gasteiger partial charge in [0, 0.05) is 12.3 Å². The van der Waals surface area contributed by atoms with E-state index in [0.717, 1.165) is 5.56 Å². The Labute approximate surface area is 114 Å². The molecule has 1 aromatic rings. The summed E-state index contributed by atoms with van der Waals surface area (Å²) in [6.45, 7) is 2.22. The average Bonchev–Trinajstić information content (AvgIpc) is 2.33. The quantitative estimate of drug-likeness (QED) is 0.769. The maximum absolute atomic E-state index is 11.0. The molecule has 0 aliphatic rings. The Morgan fingerprint density at radius 3 is 2.53 bits per heavy atom. The number of rotatable bonds is 7. The van der Waals surface area contributed by atoms with Gasteiger partial charge in [0.15, 0.2) is 11.5 Å². The second-order valence-electron chi connectivity index (χ2n) is 4.53. The molecule has 0 amide bonds. The molecule has 0 heterocycles. The summed E-state index contributed by atoms with van der Waals surface area (Å²) in [6.07, 6.45) is 1.67. The summed E-state index contributed by atoms with van der Waals surface area (Å²) in [4.78, 5) is 0. The fraction of sp³-hybridized carbons (Fsp3) is 0.538. The molecule has 0 spiro atoms. The smallest absolute Gasteiger partial charge is 0.161 e. The third kappa shape index (κ3) is 5.48. The highest BCUT2D eigenvalue weighted by Crippen LogP contribution is 2.29. The average molecular weight is 287 g/mol.